The van der Waals surface area contributed by atoms with Crippen LogP contribution in [0.4, 0.5) is 5.69 Å². The minimum absolute atomic E-state index is 0. The predicted octanol–water partition coefficient (Wildman–Crippen LogP) is -0.796. The molecule has 2 heterocycles. The summed E-state index contributed by atoms with van der Waals surface area (Å²) in [7, 11) is 0. The van der Waals surface area contributed by atoms with Crippen LogP contribution in [0.15, 0.2) is 71.4 Å². The molecule has 2 N–H and O–H groups in total. The van der Waals surface area contributed by atoms with E-state index < -0.39 is 4.92 Å². The van der Waals surface area contributed by atoms with Crippen LogP contribution < -0.4 is 21.5 Å². The molecule has 0 aliphatic heterocycles. The molecule has 130 valence electrons. The third-order valence-electron chi connectivity index (χ3n) is 3.35. The Labute approximate surface area is 153 Å². The van der Waals surface area contributed by atoms with E-state index in [0.29, 0.717) is 11.3 Å². The lowest BCUT2D eigenvalue weighted by Gasteiger charge is -1.97. The highest BCUT2D eigenvalue weighted by Crippen LogP contribution is 2.24. The third kappa shape index (κ3) is 4.82. The number of pyridine rings is 1. The average Bonchev–Trinajstić information content (AvgIpc) is 3.06. The summed E-state index contributed by atoms with van der Waals surface area (Å²) in [6.45, 7) is 0.189. The summed E-state index contributed by atoms with van der Waals surface area (Å²) in [4.78, 5) is 22.4. The molecular weight excluding hydrogens is 392 g/mol. The lowest BCUT2D eigenvalue weighted by Crippen LogP contribution is -3.00. The monoisotopic (exact) mass is 406 g/mol. The molecule has 0 aliphatic carbocycles. The first-order valence-corrected chi connectivity index (χ1v) is 6.95. The van der Waals surface area contributed by atoms with E-state index in [9.17, 15) is 14.9 Å². The average molecular weight is 407 g/mol. The predicted molar refractivity (Wildman–Crippen MR) is 85.4 cm³/mol. The first kappa shape index (κ1) is 20.2. The van der Waals surface area contributed by atoms with Crippen LogP contribution in [0.3, 0.4) is 0 Å². The van der Waals surface area contributed by atoms with Crippen molar-refractivity contribution in [1.82, 2.24) is 0 Å². The molecule has 0 aliphatic rings. The normalized spacial score (nSPS) is 9.60. The highest BCUT2D eigenvalue weighted by Gasteiger charge is 2.17. The van der Waals surface area contributed by atoms with E-state index >= 15 is 0 Å². The van der Waals surface area contributed by atoms with Crippen molar-refractivity contribution in [1.29, 1.82) is 0 Å². The molecule has 8 heteroatoms. The number of furan rings is 1. The van der Waals surface area contributed by atoms with Gasteiger partial charge in [-0.25, -0.2) is 0 Å². The van der Waals surface area contributed by atoms with Gasteiger partial charge in [-0.3, -0.25) is 14.9 Å². The number of hydrogen-bond donors (Lipinski definition) is 0. The summed E-state index contributed by atoms with van der Waals surface area (Å²) in [5.41, 5.74) is 0.694. The molecule has 3 aromatic rings. The van der Waals surface area contributed by atoms with E-state index in [4.69, 9.17) is 4.42 Å². The summed E-state index contributed by atoms with van der Waals surface area (Å²) in [5, 5.41) is 10.7. The molecule has 0 atom stereocenters. The highest BCUT2D eigenvalue weighted by molar-refractivity contribution is 5.92. The summed E-state index contributed by atoms with van der Waals surface area (Å²) in [5.74, 6) is 0.616. The number of benzene rings is 1. The number of rotatable bonds is 5. The van der Waals surface area contributed by atoms with Gasteiger partial charge in [-0.15, -0.1) is 0 Å². The molecule has 2 aromatic heterocycles. The molecule has 0 spiro atoms. The Bertz CT molecular complexity index is 847. The zero-order valence-corrected chi connectivity index (χ0v) is 14.5. The summed E-state index contributed by atoms with van der Waals surface area (Å²) >= 11 is 0. The summed E-state index contributed by atoms with van der Waals surface area (Å²) in [6, 6.07) is 14.9. The molecule has 0 saturated carbocycles. The van der Waals surface area contributed by atoms with Crippen molar-refractivity contribution < 1.29 is 41.2 Å². The summed E-state index contributed by atoms with van der Waals surface area (Å²) < 4.78 is 7.33. The number of hydrogen-bond acceptors (Lipinski definition) is 4. The lowest BCUT2D eigenvalue weighted by molar-refractivity contribution is -0.683. The molecule has 0 unspecified atom stereocenters. The Hall–Kier alpha value is -2.84. The van der Waals surface area contributed by atoms with Crippen molar-refractivity contribution in [2.24, 2.45) is 0 Å². The fourth-order valence-corrected chi connectivity index (χ4v) is 2.17. The van der Waals surface area contributed by atoms with Gasteiger partial charge in [-0.1, -0.05) is 6.07 Å². The van der Waals surface area contributed by atoms with Gasteiger partial charge in [0.05, 0.1) is 4.92 Å². The zero-order valence-electron chi connectivity index (χ0n) is 13.0. The third-order valence-corrected chi connectivity index (χ3v) is 3.35. The number of carbonyl (C=O) groups is 1. The van der Waals surface area contributed by atoms with Gasteiger partial charge < -0.3 is 26.9 Å². The quantitative estimate of drug-likeness (QED) is 0.239. The Kier molecular flexibility index (Phi) is 7.16. The van der Waals surface area contributed by atoms with Gasteiger partial charge in [0.25, 0.3) is 11.5 Å². The Morgan fingerprint density at radius 3 is 2.28 bits per heavy atom. The van der Waals surface area contributed by atoms with E-state index in [-0.39, 0.29) is 46.2 Å². The first-order valence-electron chi connectivity index (χ1n) is 6.95. The van der Waals surface area contributed by atoms with E-state index in [1.165, 1.54) is 12.1 Å². The molecule has 1 aromatic carbocycles. The topological polar surface area (TPSA) is 109 Å². The molecule has 0 fully saturated rings. The second kappa shape index (κ2) is 8.86. The van der Waals surface area contributed by atoms with Crippen molar-refractivity contribution >= 4 is 11.5 Å². The van der Waals surface area contributed by atoms with Crippen LogP contribution in [0, 0.1) is 10.1 Å². The van der Waals surface area contributed by atoms with Crippen molar-refractivity contribution in [3.63, 3.8) is 0 Å². The Morgan fingerprint density at radius 1 is 1.04 bits per heavy atom. The molecule has 0 amide bonds. The standard InChI is InChI=1S/C17H13N2O4.BrH.H2O/c20-15(12-18-10-2-1-3-11-18)17-9-8-16(23-17)13-4-6-14(7-5-13)19(21)22;;/h1-11H,12H2;1H;1H2/q+1;;/p-1. The maximum atomic E-state index is 12.2. The number of aromatic nitrogens is 1. The molecule has 7 nitrogen and oxygen atoms in total. The van der Waals surface area contributed by atoms with Gasteiger partial charge in [0.1, 0.15) is 5.76 Å². The number of carbonyl (C=O) groups excluding carboxylic acids is 1. The van der Waals surface area contributed by atoms with Crippen molar-refractivity contribution in [3.05, 3.63) is 82.9 Å². The lowest BCUT2D eigenvalue weighted by atomic mass is 10.1. The molecular formula is C17H15BrN2O5. The number of non-ortho nitro benzene ring substituents is 1. The number of Topliss-reactive ketones (excluding diaryl/α,β-unsaturated/α-hetero) is 1. The second-order valence-electron chi connectivity index (χ2n) is 4.94. The molecule has 3 rings (SSSR count). The van der Waals surface area contributed by atoms with Gasteiger partial charge in [-0.05, 0) is 24.3 Å². The van der Waals surface area contributed by atoms with Crippen molar-refractivity contribution in [2.45, 2.75) is 6.54 Å². The molecule has 25 heavy (non-hydrogen) atoms. The van der Waals surface area contributed by atoms with E-state index in [2.05, 4.69) is 0 Å². The van der Waals surface area contributed by atoms with E-state index in [0.717, 1.165) is 0 Å². The highest BCUT2D eigenvalue weighted by atomic mass is 79.9. The van der Waals surface area contributed by atoms with Crippen LogP contribution >= 0.6 is 0 Å². The second-order valence-corrected chi connectivity index (χ2v) is 4.94. The van der Waals surface area contributed by atoms with Crippen LogP contribution in [0.25, 0.3) is 11.3 Å². The van der Waals surface area contributed by atoms with Crippen LogP contribution in [-0.4, -0.2) is 16.2 Å². The summed E-state index contributed by atoms with van der Waals surface area (Å²) in [6.07, 6.45) is 3.61. The van der Waals surface area contributed by atoms with Crippen LogP contribution in [-0.2, 0) is 6.54 Å². The van der Waals surface area contributed by atoms with Crippen LogP contribution in [0.1, 0.15) is 10.6 Å². The van der Waals surface area contributed by atoms with Gasteiger partial charge in [0.2, 0.25) is 6.54 Å². The molecule has 0 saturated heterocycles. The van der Waals surface area contributed by atoms with E-state index in [1.807, 2.05) is 18.2 Å². The smallest absolute Gasteiger partial charge is 0.269 e. The van der Waals surface area contributed by atoms with Crippen molar-refractivity contribution in [2.75, 3.05) is 0 Å². The SMILES string of the molecule is O.O=C(C[n+]1ccccc1)c1ccc(-c2ccc([N+](=O)[O-])cc2)o1.[Br-]. The number of ketones is 1. The molecule has 0 radical (unpaired) electrons. The number of halogens is 1. The Morgan fingerprint density at radius 2 is 1.68 bits per heavy atom. The minimum atomic E-state index is -0.460. The number of nitro groups is 1. The van der Waals surface area contributed by atoms with Gasteiger partial charge >= 0.3 is 0 Å². The van der Waals surface area contributed by atoms with Crippen molar-refractivity contribution in [3.8, 4) is 11.3 Å². The minimum Gasteiger partial charge on any atom is -1.00 e. The largest absolute Gasteiger partial charge is 1.00 e. The maximum Gasteiger partial charge on any atom is 0.269 e. The number of nitrogens with zero attached hydrogens (tertiary/aromatic N) is 2. The Balaban J connectivity index is 0.00000156. The fourth-order valence-electron chi connectivity index (χ4n) is 2.17. The van der Waals surface area contributed by atoms with Crippen LogP contribution in [0.5, 0.6) is 0 Å². The van der Waals surface area contributed by atoms with Gasteiger partial charge in [0, 0.05) is 29.8 Å². The van der Waals surface area contributed by atoms with Gasteiger partial charge in [-0.2, -0.15) is 4.57 Å². The first-order chi connectivity index (χ1) is 11.1. The number of nitro benzene ring substituents is 1. The van der Waals surface area contributed by atoms with Gasteiger partial charge in [0.15, 0.2) is 18.2 Å². The van der Waals surface area contributed by atoms with E-state index in [1.54, 1.807) is 41.2 Å². The van der Waals surface area contributed by atoms with Crippen LogP contribution in [0.2, 0.25) is 0 Å². The fraction of sp³-hybridized carbons (Fsp3) is 0.0588. The molecule has 0 bridgehead atoms. The zero-order chi connectivity index (χ0) is 16.2. The maximum absolute atomic E-state index is 12.2.